The summed E-state index contributed by atoms with van der Waals surface area (Å²) in [4.78, 5) is 23.5. The Morgan fingerprint density at radius 1 is 1.38 bits per heavy atom. The van der Waals surface area contributed by atoms with E-state index in [1.54, 1.807) is 18.2 Å². The van der Waals surface area contributed by atoms with Gasteiger partial charge in [0, 0.05) is 25.3 Å². The predicted octanol–water partition coefficient (Wildman–Crippen LogP) is 1.74. The Balaban J connectivity index is 2.04. The van der Waals surface area contributed by atoms with E-state index in [2.05, 4.69) is 10.6 Å². The topological polar surface area (TPSA) is 93.5 Å². The van der Waals surface area contributed by atoms with Gasteiger partial charge in [-0.2, -0.15) is 0 Å². The summed E-state index contributed by atoms with van der Waals surface area (Å²) in [5.41, 5.74) is 6.32. The van der Waals surface area contributed by atoms with Crippen LogP contribution in [0.25, 0.3) is 0 Å². The Kier molecular flexibility index (Phi) is 5.55. The zero-order valence-corrected chi connectivity index (χ0v) is 12.3. The molecule has 1 fully saturated rings. The fraction of sp³-hybridized carbons (Fsp3) is 0.429. The number of anilines is 2. The summed E-state index contributed by atoms with van der Waals surface area (Å²) >= 11 is 6.06. The van der Waals surface area contributed by atoms with E-state index in [0.717, 1.165) is 6.42 Å². The number of rotatable bonds is 5. The molecule has 0 aromatic heterocycles. The van der Waals surface area contributed by atoms with Crippen LogP contribution in [0.2, 0.25) is 5.02 Å². The van der Waals surface area contributed by atoms with Crippen molar-refractivity contribution in [1.82, 2.24) is 0 Å². The van der Waals surface area contributed by atoms with Gasteiger partial charge >= 0.3 is 0 Å². The molecule has 1 saturated heterocycles. The maximum absolute atomic E-state index is 12.0. The third-order valence-corrected chi connectivity index (χ3v) is 3.43. The number of hydrogen-bond donors (Lipinski definition) is 3. The molecule has 0 radical (unpaired) electrons. The van der Waals surface area contributed by atoms with Crippen molar-refractivity contribution in [1.29, 1.82) is 0 Å². The normalized spacial score (nSPS) is 17.5. The molecule has 2 rings (SSSR count). The second kappa shape index (κ2) is 7.40. The summed E-state index contributed by atoms with van der Waals surface area (Å²) in [5.74, 6) is -0.406. The van der Waals surface area contributed by atoms with Gasteiger partial charge < -0.3 is 21.1 Å². The highest BCUT2D eigenvalue weighted by Crippen LogP contribution is 2.26. The molecule has 1 atom stereocenters. The highest BCUT2D eigenvalue weighted by atomic mass is 35.5. The average Bonchev–Trinajstić information content (AvgIpc) is 2.97. The Bertz CT molecular complexity index is 530. The average molecular weight is 312 g/mol. The van der Waals surface area contributed by atoms with Crippen LogP contribution in [0, 0.1) is 0 Å². The van der Waals surface area contributed by atoms with Crippen LogP contribution in [0.1, 0.15) is 19.3 Å². The van der Waals surface area contributed by atoms with Crippen molar-refractivity contribution in [2.45, 2.75) is 25.4 Å². The van der Waals surface area contributed by atoms with E-state index in [0.29, 0.717) is 29.4 Å². The van der Waals surface area contributed by atoms with Crippen molar-refractivity contribution in [2.24, 2.45) is 5.73 Å². The molecule has 1 aromatic rings. The van der Waals surface area contributed by atoms with Gasteiger partial charge in [-0.15, -0.1) is 0 Å². The zero-order valence-electron chi connectivity index (χ0n) is 11.5. The van der Waals surface area contributed by atoms with Crippen LogP contribution in [0.4, 0.5) is 11.4 Å². The lowest BCUT2D eigenvalue weighted by molar-refractivity contribution is -0.124. The van der Waals surface area contributed by atoms with Gasteiger partial charge in [-0.3, -0.25) is 9.59 Å². The third kappa shape index (κ3) is 4.42. The zero-order chi connectivity index (χ0) is 15.2. The van der Waals surface area contributed by atoms with Crippen molar-refractivity contribution < 1.29 is 14.3 Å². The van der Waals surface area contributed by atoms with E-state index in [1.807, 2.05) is 0 Å². The predicted molar refractivity (Wildman–Crippen MR) is 81.4 cm³/mol. The maximum Gasteiger partial charge on any atom is 0.253 e. The van der Waals surface area contributed by atoms with Crippen LogP contribution >= 0.6 is 11.6 Å². The van der Waals surface area contributed by atoms with E-state index in [9.17, 15) is 9.59 Å². The summed E-state index contributed by atoms with van der Waals surface area (Å²) in [5, 5.41) is 5.82. The SMILES string of the molecule is NCCC(=O)Nc1ccc(Cl)c(NC(=O)C2CCCO2)c1. The second-order valence-electron chi connectivity index (χ2n) is 4.77. The first-order chi connectivity index (χ1) is 10.1. The number of carbonyl (C=O) groups is 2. The fourth-order valence-corrected chi connectivity index (χ4v) is 2.22. The minimum Gasteiger partial charge on any atom is -0.368 e. The molecule has 1 unspecified atom stereocenters. The van der Waals surface area contributed by atoms with Crippen LogP contribution in [0.15, 0.2) is 18.2 Å². The Labute approximate surface area is 128 Å². The number of carbonyl (C=O) groups excluding carboxylic acids is 2. The standard InChI is InChI=1S/C14H18ClN3O3/c15-10-4-3-9(17-13(19)5-6-16)8-11(10)18-14(20)12-2-1-7-21-12/h3-4,8,12H,1-2,5-7,16H2,(H,17,19)(H,18,20). The summed E-state index contributed by atoms with van der Waals surface area (Å²) in [7, 11) is 0. The molecular formula is C14H18ClN3O3. The Hall–Kier alpha value is -1.63. The summed E-state index contributed by atoms with van der Waals surface area (Å²) < 4.78 is 5.31. The smallest absolute Gasteiger partial charge is 0.253 e. The number of halogens is 1. The van der Waals surface area contributed by atoms with E-state index in [4.69, 9.17) is 22.1 Å². The molecule has 4 N–H and O–H groups in total. The van der Waals surface area contributed by atoms with E-state index < -0.39 is 6.10 Å². The van der Waals surface area contributed by atoms with Gasteiger partial charge in [0.2, 0.25) is 5.91 Å². The largest absolute Gasteiger partial charge is 0.368 e. The molecule has 1 heterocycles. The highest BCUT2D eigenvalue weighted by molar-refractivity contribution is 6.34. The first kappa shape index (κ1) is 15.8. The van der Waals surface area contributed by atoms with E-state index in [1.165, 1.54) is 0 Å². The molecular weight excluding hydrogens is 294 g/mol. The molecule has 1 aliphatic rings. The number of amides is 2. The van der Waals surface area contributed by atoms with Crippen molar-refractivity contribution in [3.63, 3.8) is 0 Å². The number of nitrogens with one attached hydrogen (secondary N) is 2. The van der Waals surface area contributed by atoms with Crippen LogP contribution < -0.4 is 16.4 Å². The van der Waals surface area contributed by atoms with E-state index >= 15 is 0 Å². The molecule has 0 saturated carbocycles. The maximum atomic E-state index is 12.0. The van der Waals surface area contributed by atoms with Gasteiger partial charge in [-0.25, -0.2) is 0 Å². The molecule has 0 spiro atoms. The minimum absolute atomic E-state index is 0.184. The quantitative estimate of drug-likeness (QED) is 0.772. The van der Waals surface area contributed by atoms with Crippen molar-refractivity contribution in [2.75, 3.05) is 23.8 Å². The second-order valence-corrected chi connectivity index (χ2v) is 5.18. The molecule has 0 bridgehead atoms. The Morgan fingerprint density at radius 2 is 2.19 bits per heavy atom. The minimum atomic E-state index is -0.434. The lowest BCUT2D eigenvalue weighted by Crippen LogP contribution is -2.27. The molecule has 1 aromatic carbocycles. The van der Waals surface area contributed by atoms with Crippen molar-refractivity contribution >= 4 is 34.8 Å². The lowest BCUT2D eigenvalue weighted by Gasteiger charge is -2.13. The highest BCUT2D eigenvalue weighted by Gasteiger charge is 2.24. The van der Waals surface area contributed by atoms with Crippen molar-refractivity contribution in [3.8, 4) is 0 Å². The molecule has 2 amide bonds. The monoisotopic (exact) mass is 311 g/mol. The Morgan fingerprint density at radius 3 is 2.86 bits per heavy atom. The molecule has 114 valence electrons. The third-order valence-electron chi connectivity index (χ3n) is 3.10. The summed E-state index contributed by atoms with van der Waals surface area (Å²) in [6, 6.07) is 4.90. The first-order valence-electron chi connectivity index (χ1n) is 6.82. The van der Waals surface area contributed by atoms with Gasteiger partial charge in [0.1, 0.15) is 6.10 Å². The summed E-state index contributed by atoms with van der Waals surface area (Å²) in [6.07, 6.45) is 1.38. The molecule has 6 nitrogen and oxygen atoms in total. The molecule has 1 aliphatic heterocycles. The van der Waals surface area contributed by atoms with Gasteiger partial charge in [-0.1, -0.05) is 11.6 Å². The fourth-order valence-electron chi connectivity index (χ4n) is 2.05. The van der Waals surface area contributed by atoms with Crippen LogP contribution in [-0.4, -0.2) is 31.1 Å². The van der Waals surface area contributed by atoms with Crippen LogP contribution in [0.5, 0.6) is 0 Å². The number of hydrogen-bond acceptors (Lipinski definition) is 4. The van der Waals surface area contributed by atoms with Gasteiger partial charge in [0.25, 0.3) is 5.91 Å². The van der Waals surface area contributed by atoms with Gasteiger partial charge in [0.15, 0.2) is 0 Å². The molecule has 21 heavy (non-hydrogen) atoms. The van der Waals surface area contributed by atoms with E-state index in [-0.39, 0.29) is 24.8 Å². The summed E-state index contributed by atoms with van der Waals surface area (Å²) in [6.45, 7) is 0.878. The first-order valence-corrected chi connectivity index (χ1v) is 7.20. The van der Waals surface area contributed by atoms with Gasteiger partial charge in [0.05, 0.1) is 10.7 Å². The number of ether oxygens (including phenoxy) is 1. The molecule has 7 heteroatoms. The number of nitrogens with two attached hydrogens (primary N) is 1. The van der Waals surface area contributed by atoms with Crippen molar-refractivity contribution in [3.05, 3.63) is 23.2 Å². The number of benzene rings is 1. The van der Waals surface area contributed by atoms with Gasteiger partial charge in [-0.05, 0) is 31.0 Å². The van der Waals surface area contributed by atoms with Crippen LogP contribution in [-0.2, 0) is 14.3 Å². The van der Waals surface area contributed by atoms with Crippen LogP contribution in [0.3, 0.4) is 0 Å². The molecule has 0 aliphatic carbocycles. The lowest BCUT2D eigenvalue weighted by atomic mass is 10.2.